The number of thiazole rings is 1. The maximum Gasteiger partial charge on any atom is 0.347 e. The molecule has 0 aliphatic carbocycles. The minimum atomic E-state index is -0.920. The summed E-state index contributed by atoms with van der Waals surface area (Å²) >= 11 is 1.22. The van der Waals surface area contributed by atoms with Gasteiger partial charge in [-0.1, -0.05) is 17.7 Å². The maximum absolute atomic E-state index is 10.8. The first-order valence-corrected chi connectivity index (χ1v) is 6.08. The van der Waals surface area contributed by atoms with Gasteiger partial charge in [0, 0.05) is 5.56 Å². The van der Waals surface area contributed by atoms with E-state index in [1.165, 1.54) is 23.1 Å². The molecule has 0 spiro atoms. The first kappa shape index (κ1) is 11.8. The van der Waals surface area contributed by atoms with Crippen LogP contribution in [0.2, 0.25) is 0 Å². The highest BCUT2D eigenvalue weighted by molar-refractivity contribution is 7.16. The number of aromatic nitrogens is 1. The normalized spacial score (nSPS) is 10.5. The standard InChI is InChI=1S/C13H13NO2S/c1-7-4-8(2)11(9(3)5-7)12-14-6-10(17-12)13(15)16/h4-6H,1-3H3,(H,15,16). The van der Waals surface area contributed by atoms with Crippen LogP contribution in [-0.4, -0.2) is 16.1 Å². The Hall–Kier alpha value is -1.68. The zero-order chi connectivity index (χ0) is 12.6. The van der Waals surface area contributed by atoms with Crippen molar-refractivity contribution < 1.29 is 9.90 Å². The summed E-state index contributed by atoms with van der Waals surface area (Å²) in [6.07, 6.45) is 1.42. The van der Waals surface area contributed by atoms with Crippen molar-refractivity contribution in [3.63, 3.8) is 0 Å². The van der Waals surface area contributed by atoms with Crippen LogP contribution in [0.4, 0.5) is 0 Å². The predicted octanol–water partition coefficient (Wildman–Crippen LogP) is 3.43. The minimum Gasteiger partial charge on any atom is -0.477 e. The SMILES string of the molecule is Cc1cc(C)c(-c2ncc(C(=O)O)s2)c(C)c1. The average molecular weight is 247 g/mol. The first-order valence-electron chi connectivity index (χ1n) is 5.26. The highest BCUT2D eigenvalue weighted by Crippen LogP contribution is 2.31. The molecule has 2 rings (SSSR count). The molecule has 0 saturated carbocycles. The third kappa shape index (κ3) is 2.22. The summed E-state index contributed by atoms with van der Waals surface area (Å²) in [5, 5.41) is 9.67. The molecule has 1 aromatic carbocycles. The quantitative estimate of drug-likeness (QED) is 0.884. The summed E-state index contributed by atoms with van der Waals surface area (Å²) in [4.78, 5) is 15.3. The highest BCUT2D eigenvalue weighted by atomic mass is 32.1. The molecule has 0 saturated heterocycles. The van der Waals surface area contributed by atoms with Gasteiger partial charge in [0.15, 0.2) is 0 Å². The fourth-order valence-corrected chi connectivity index (χ4v) is 2.94. The Labute approximate surface area is 104 Å². The van der Waals surface area contributed by atoms with Gasteiger partial charge < -0.3 is 5.11 Å². The number of carbonyl (C=O) groups is 1. The van der Waals surface area contributed by atoms with Crippen LogP contribution < -0.4 is 0 Å². The van der Waals surface area contributed by atoms with Gasteiger partial charge in [-0.25, -0.2) is 9.78 Å². The second-order valence-electron chi connectivity index (χ2n) is 4.11. The van der Waals surface area contributed by atoms with E-state index in [1.54, 1.807) is 0 Å². The minimum absolute atomic E-state index is 0.277. The molecule has 0 unspecified atom stereocenters. The zero-order valence-corrected chi connectivity index (χ0v) is 10.8. The van der Waals surface area contributed by atoms with Gasteiger partial charge in [0.05, 0.1) is 6.20 Å². The molecule has 0 fully saturated rings. The molecular weight excluding hydrogens is 234 g/mol. The van der Waals surface area contributed by atoms with Crippen molar-refractivity contribution in [2.75, 3.05) is 0 Å². The molecule has 1 N–H and O–H groups in total. The lowest BCUT2D eigenvalue weighted by molar-refractivity contribution is 0.0702. The van der Waals surface area contributed by atoms with Gasteiger partial charge in [-0.05, 0) is 31.9 Å². The number of carboxylic acids is 1. The highest BCUT2D eigenvalue weighted by Gasteiger charge is 2.13. The number of carboxylic acid groups (broad SMARTS) is 1. The second kappa shape index (κ2) is 4.30. The van der Waals surface area contributed by atoms with Crippen LogP contribution in [0.3, 0.4) is 0 Å². The molecule has 88 valence electrons. The van der Waals surface area contributed by atoms with E-state index in [4.69, 9.17) is 5.11 Å². The molecule has 1 aromatic heterocycles. The number of hydrogen-bond donors (Lipinski definition) is 1. The lowest BCUT2D eigenvalue weighted by Crippen LogP contribution is -1.90. The Morgan fingerprint density at radius 2 is 1.82 bits per heavy atom. The number of rotatable bonds is 2. The van der Waals surface area contributed by atoms with Crippen molar-refractivity contribution in [3.8, 4) is 10.6 Å². The summed E-state index contributed by atoms with van der Waals surface area (Å²) in [7, 11) is 0. The van der Waals surface area contributed by atoms with Gasteiger partial charge >= 0.3 is 5.97 Å². The summed E-state index contributed by atoms with van der Waals surface area (Å²) in [6, 6.07) is 4.17. The van der Waals surface area contributed by atoms with Crippen LogP contribution in [0.5, 0.6) is 0 Å². The summed E-state index contributed by atoms with van der Waals surface area (Å²) in [6.45, 7) is 6.10. The topological polar surface area (TPSA) is 50.2 Å². The van der Waals surface area contributed by atoms with Gasteiger partial charge in [0.2, 0.25) is 0 Å². The summed E-state index contributed by atoms with van der Waals surface area (Å²) < 4.78 is 0. The molecule has 2 aromatic rings. The number of aryl methyl sites for hydroxylation is 3. The van der Waals surface area contributed by atoms with E-state index < -0.39 is 5.97 Å². The molecule has 3 nitrogen and oxygen atoms in total. The van der Waals surface area contributed by atoms with Crippen molar-refractivity contribution in [3.05, 3.63) is 39.9 Å². The fraction of sp³-hybridized carbons (Fsp3) is 0.231. The van der Waals surface area contributed by atoms with E-state index in [2.05, 4.69) is 17.1 Å². The summed E-state index contributed by atoms with van der Waals surface area (Å²) in [5.41, 5.74) is 4.52. The summed E-state index contributed by atoms with van der Waals surface area (Å²) in [5.74, 6) is -0.920. The molecule has 0 bridgehead atoms. The Balaban J connectivity index is 2.56. The molecule has 4 heteroatoms. The number of aromatic carboxylic acids is 1. The van der Waals surface area contributed by atoms with Crippen molar-refractivity contribution >= 4 is 17.3 Å². The van der Waals surface area contributed by atoms with Crippen LogP contribution in [0.15, 0.2) is 18.3 Å². The maximum atomic E-state index is 10.8. The van der Waals surface area contributed by atoms with Crippen LogP contribution in [0.1, 0.15) is 26.4 Å². The van der Waals surface area contributed by atoms with Crippen molar-refractivity contribution in [1.29, 1.82) is 0 Å². The first-order chi connectivity index (χ1) is 7.99. The van der Waals surface area contributed by atoms with Gasteiger partial charge in [-0.3, -0.25) is 0 Å². The van der Waals surface area contributed by atoms with Crippen LogP contribution in [0.25, 0.3) is 10.6 Å². The molecule has 0 aliphatic rings. The molecule has 0 atom stereocenters. The number of hydrogen-bond acceptors (Lipinski definition) is 3. The van der Waals surface area contributed by atoms with E-state index >= 15 is 0 Å². The predicted molar refractivity (Wildman–Crippen MR) is 68.7 cm³/mol. The smallest absolute Gasteiger partial charge is 0.347 e. The largest absolute Gasteiger partial charge is 0.477 e. The second-order valence-corrected chi connectivity index (χ2v) is 5.14. The van der Waals surface area contributed by atoms with Gasteiger partial charge in [0.25, 0.3) is 0 Å². The molecule has 0 radical (unpaired) electrons. The van der Waals surface area contributed by atoms with E-state index in [-0.39, 0.29) is 4.88 Å². The van der Waals surface area contributed by atoms with Crippen molar-refractivity contribution in [1.82, 2.24) is 4.98 Å². The van der Waals surface area contributed by atoms with Gasteiger partial charge in [-0.2, -0.15) is 0 Å². The zero-order valence-electron chi connectivity index (χ0n) is 9.94. The molecule has 0 amide bonds. The Morgan fingerprint density at radius 1 is 1.24 bits per heavy atom. The Kier molecular flexibility index (Phi) is 2.98. The molecule has 0 aliphatic heterocycles. The third-order valence-corrected chi connectivity index (χ3v) is 3.61. The fourth-order valence-electron chi connectivity index (χ4n) is 2.01. The lowest BCUT2D eigenvalue weighted by Gasteiger charge is -2.08. The van der Waals surface area contributed by atoms with E-state index in [0.29, 0.717) is 0 Å². The number of nitrogens with zero attached hydrogens (tertiary/aromatic N) is 1. The Morgan fingerprint density at radius 3 is 2.29 bits per heavy atom. The van der Waals surface area contributed by atoms with Crippen LogP contribution >= 0.6 is 11.3 Å². The average Bonchev–Trinajstić information content (AvgIpc) is 2.65. The van der Waals surface area contributed by atoms with Crippen molar-refractivity contribution in [2.45, 2.75) is 20.8 Å². The van der Waals surface area contributed by atoms with Gasteiger partial charge in [0.1, 0.15) is 9.88 Å². The van der Waals surface area contributed by atoms with E-state index in [9.17, 15) is 4.79 Å². The van der Waals surface area contributed by atoms with E-state index in [0.717, 1.165) is 21.7 Å². The molecule has 1 heterocycles. The third-order valence-electron chi connectivity index (χ3n) is 2.61. The Bertz CT molecular complexity index is 564. The van der Waals surface area contributed by atoms with Crippen LogP contribution in [-0.2, 0) is 0 Å². The lowest BCUT2D eigenvalue weighted by atomic mass is 10.0. The number of benzene rings is 1. The van der Waals surface area contributed by atoms with E-state index in [1.807, 2.05) is 20.8 Å². The molecule has 17 heavy (non-hydrogen) atoms. The van der Waals surface area contributed by atoms with Crippen LogP contribution in [0, 0.1) is 20.8 Å². The van der Waals surface area contributed by atoms with Crippen molar-refractivity contribution in [2.24, 2.45) is 0 Å². The van der Waals surface area contributed by atoms with Gasteiger partial charge in [-0.15, -0.1) is 11.3 Å². The molecular formula is C13H13NO2S. The monoisotopic (exact) mass is 247 g/mol.